The monoisotopic (exact) mass is 433 g/mol. The van der Waals surface area contributed by atoms with E-state index in [9.17, 15) is 16.8 Å². The van der Waals surface area contributed by atoms with Crippen molar-refractivity contribution < 1.29 is 16.8 Å². The van der Waals surface area contributed by atoms with Crippen LogP contribution in [0.15, 0.2) is 53.4 Å². The average molecular weight is 434 g/mol. The Kier molecular flexibility index (Phi) is 5.65. The van der Waals surface area contributed by atoms with E-state index in [1.807, 2.05) is 12.1 Å². The summed E-state index contributed by atoms with van der Waals surface area (Å²) in [4.78, 5) is 0.0716. The lowest BCUT2D eigenvalue weighted by molar-refractivity contribution is 0.526. The maximum atomic E-state index is 12.9. The predicted molar refractivity (Wildman–Crippen MR) is 103 cm³/mol. The van der Waals surface area contributed by atoms with E-state index < -0.39 is 36.7 Å². The standard InChI is InChI=1S/C17H17Cl2NO4S2/c18-13-3-1-12(2-4-13)9-20-16-10-25(21,22)11-17(16)26(23,24)15-7-5-14(19)6-8-15/h1-8,16-17,20H,9-11H2/t16-,17-/m0/s1. The van der Waals surface area contributed by atoms with Gasteiger partial charge in [0, 0.05) is 22.6 Å². The highest BCUT2D eigenvalue weighted by Gasteiger charge is 2.45. The van der Waals surface area contributed by atoms with Crippen molar-refractivity contribution >= 4 is 42.9 Å². The predicted octanol–water partition coefficient (Wildman–Crippen LogP) is 2.72. The molecule has 0 bridgehead atoms. The van der Waals surface area contributed by atoms with Crippen molar-refractivity contribution in [3.05, 3.63) is 64.1 Å². The second-order valence-electron chi connectivity index (χ2n) is 6.23. The van der Waals surface area contributed by atoms with E-state index in [-0.39, 0.29) is 10.6 Å². The van der Waals surface area contributed by atoms with E-state index in [4.69, 9.17) is 23.2 Å². The molecule has 0 saturated carbocycles. The van der Waals surface area contributed by atoms with Crippen molar-refractivity contribution in [3.63, 3.8) is 0 Å². The first-order valence-corrected chi connectivity index (χ1v) is 12.0. The fraction of sp³-hybridized carbons (Fsp3) is 0.294. The number of halogens is 2. The summed E-state index contributed by atoms with van der Waals surface area (Å²) in [6.45, 7) is 0.351. The Morgan fingerprint density at radius 2 is 1.46 bits per heavy atom. The first-order chi connectivity index (χ1) is 12.2. The smallest absolute Gasteiger partial charge is 0.183 e. The van der Waals surface area contributed by atoms with Crippen LogP contribution in [-0.2, 0) is 26.2 Å². The van der Waals surface area contributed by atoms with Crippen molar-refractivity contribution in [1.29, 1.82) is 0 Å². The second kappa shape index (κ2) is 7.48. The van der Waals surface area contributed by atoms with Crippen molar-refractivity contribution in [2.24, 2.45) is 0 Å². The van der Waals surface area contributed by atoms with E-state index >= 15 is 0 Å². The Morgan fingerprint density at radius 3 is 2.04 bits per heavy atom. The van der Waals surface area contributed by atoms with Crippen molar-refractivity contribution in [1.82, 2.24) is 5.32 Å². The number of sulfone groups is 2. The zero-order chi connectivity index (χ0) is 18.9. The van der Waals surface area contributed by atoms with Crippen LogP contribution in [0.25, 0.3) is 0 Å². The third-order valence-corrected chi connectivity index (χ3v) is 8.99. The van der Waals surface area contributed by atoms with Crippen LogP contribution in [0.2, 0.25) is 10.0 Å². The van der Waals surface area contributed by atoms with Gasteiger partial charge in [-0.25, -0.2) is 16.8 Å². The molecule has 1 heterocycles. The van der Waals surface area contributed by atoms with Crippen molar-refractivity contribution in [2.45, 2.75) is 22.7 Å². The van der Waals surface area contributed by atoms with Gasteiger partial charge in [-0.3, -0.25) is 0 Å². The molecule has 1 aliphatic rings. The molecule has 1 saturated heterocycles. The zero-order valence-corrected chi connectivity index (χ0v) is 16.7. The normalized spacial score (nSPS) is 22.4. The van der Waals surface area contributed by atoms with Gasteiger partial charge >= 0.3 is 0 Å². The Balaban J connectivity index is 1.83. The maximum Gasteiger partial charge on any atom is 0.183 e. The zero-order valence-electron chi connectivity index (χ0n) is 13.6. The number of hydrogen-bond donors (Lipinski definition) is 1. The van der Waals surface area contributed by atoms with Gasteiger partial charge in [0.25, 0.3) is 0 Å². The number of rotatable bonds is 5. The molecule has 140 valence electrons. The third kappa shape index (κ3) is 4.40. The van der Waals surface area contributed by atoms with Crippen LogP contribution in [0, 0.1) is 0 Å². The quantitative estimate of drug-likeness (QED) is 0.783. The minimum absolute atomic E-state index is 0.0716. The Morgan fingerprint density at radius 1 is 0.923 bits per heavy atom. The summed E-state index contributed by atoms with van der Waals surface area (Å²) < 4.78 is 50.1. The lowest BCUT2D eigenvalue weighted by Gasteiger charge is -2.20. The Bertz CT molecular complexity index is 988. The van der Waals surface area contributed by atoms with E-state index in [0.717, 1.165) is 5.56 Å². The molecule has 26 heavy (non-hydrogen) atoms. The Hall–Kier alpha value is -1.12. The summed E-state index contributed by atoms with van der Waals surface area (Å²) in [7, 11) is -7.25. The summed E-state index contributed by atoms with van der Waals surface area (Å²) in [5.41, 5.74) is 0.890. The molecule has 1 N–H and O–H groups in total. The minimum Gasteiger partial charge on any atom is -0.308 e. The average Bonchev–Trinajstić information content (AvgIpc) is 2.90. The van der Waals surface area contributed by atoms with E-state index in [1.54, 1.807) is 12.1 Å². The first kappa shape index (κ1) is 19.6. The lowest BCUT2D eigenvalue weighted by Crippen LogP contribution is -2.43. The Labute approximate surface area is 163 Å². The number of benzene rings is 2. The molecule has 1 aliphatic heterocycles. The van der Waals surface area contributed by atoms with Gasteiger partial charge in [-0.2, -0.15) is 0 Å². The minimum atomic E-state index is -3.81. The van der Waals surface area contributed by atoms with Gasteiger partial charge in [-0.15, -0.1) is 0 Å². The molecule has 5 nitrogen and oxygen atoms in total. The molecular formula is C17H17Cl2NO4S2. The topological polar surface area (TPSA) is 80.3 Å². The van der Waals surface area contributed by atoms with Gasteiger partial charge in [0.2, 0.25) is 0 Å². The van der Waals surface area contributed by atoms with Gasteiger partial charge in [0.15, 0.2) is 19.7 Å². The van der Waals surface area contributed by atoms with E-state index in [2.05, 4.69) is 5.32 Å². The highest BCUT2D eigenvalue weighted by molar-refractivity contribution is 7.96. The summed E-state index contributed by atoms with van der Waals surface area (Å²) >= 11 is 11.7. The molecule has 2 atom stereocenters. The molecule has 2 aromatic rings. The summed E-state index contributed by atoms with van der Waals surface area (Å²) in [5.74, 6) is -0.603. The van der Waals surface area contributed by atoms with Crippen LogP contribution < -0.4 is 5.32 Å². The van der Waals surface area contributed by atoms with Crippen LogP contribution in [0.3, 0.4) is 0 Å². The molecule has 3 rings (SSSR count). The third-order valence-electron chi connectivity index (χ3n) is 4.32. The molecule has 0 aromatic heterocycles. The van der Waals surface area contributed by atoms with Crippen molar-refractivity contribution in [3.8, 4) is 0 Å². The fourth-order valence-electron chi connectivity index (χ4n) is 2.96. The maximum absolute atomic E-state index is 12.9. The molecule has 0 spiro atoms. The fourth-order valence-corrected chi connectivity index (χ4v) is 7.93. The molecular weight excluding hydrogens is 417 g/mol. The van der Waals surface area contributed by atoms with Gasteiger partial charge < -0.3 is 5.32 Å². The van der Waals surface area contributed by atoms with Gasteiger partial charge in [0.05, 0.1) is 21.7 Å². The molecule has 0 aliphatic carbocycles. The first-order valence-electron chi connectivity index (χ1n) is 7.85. The largest absolute Gasteiger partial charge is 0.308 e. The van der Waals surface area contributed by atoms with Crippen LogP contribution in [0.4, 0.5) is 0 Å². The highest BCUT2D eigenvalue weighted by atomic mass is 35.5. The van der Waals surface area contributed by atoms with Crippen LogP contribution >= 0.6 is 23.2 Å². The molecule has 2 aromatic carbocycles. The SMILES string of the molecule is O=S1(=O)C[C@H](NCc2ccc(Cl)cc2)[C@@H](S(=O)(=O)c2ccc(Cl)cc2)C1. The molecule has 0 amide bonds. The molecule has 9 heteroatoms. The summed E-state index contributed by atoms with van der Waals surface area (Å²) in [5, 5.41) is 3.06. The highest BCUT2D eigenvalue weighted by Crippen LogP contribution is 2.27. The number of nitrogens with one attached hydrogen (secondary N) is 1. The van der Waals surface area contributed by atoms with Crippen LogP contribution in [0.5, 0.6) is 0 Å². The second-order valence-corrected chi connectivity index (χ2v) is 11.4. The molecule has 1 fully saturated rings. The van der Waals surface area contributed by atoms with Crippen LogP contribution in [-0.4, -0.2) is 39.6 Å². The van der Waals surface area contributed by atoms with Gasteiger partial charge in [0.1, 0.15) is 0 Å². The van der Waals surface area contributed by atoms with E-state index in [1.165, 1.54) is 24.3 Å². The lowest BCUT2D eigenvalue weighted by atomic mass is 10.2. The van der Waals surface area contributed by atoms with Gasteiger partial charge in [-0.05, 0) is 42.0 Å². The van der Waals surface area contributed by atoms with E-state index in [0.29, 0.717) is 16.6 Å². The summed E-state index contributed by atoms with van der Waals surface area (Å²) in [6.07, 6.45) is 0. The summed E-state index contributed by atoms with van der Waals surface area (Å²) in [6, 6.07) is 12.1. The van der Waals surface area contributed by atoms with Crippen LogP contribution in [0.1, 0.15) is 5.56 Å². The number of hydrogen-bond acceptors (Lipinski definition) is 5. The molecule has 0 unspecified atom stereocenters. The molecule has 0 radical (unpaired) electrons. The van der Waals surface area contributed by atoms with Crippen molar-refractivity contribution in [2.75, 3.05) is 11.5 Å². The van der Waals surface area contributed by atoms with Gasteiger partial charge in [-0.1, -0.05) is 35.3 Å².